The third-order valence-corrected chi connectivity index (χ3v) is 9.79. The van der Waals surface area contributed by atoms with E-state index in [4.69, 9.17) is 9.47 Å². The zero-order valence-electron chi connectivity index (χ0n) is 34.0. The number of ether oxygens (including phenoxy) is 2. The standard InChI is InChI=1S/C32H26F34N4O2/c33-17(34,19(37,38)21(41,42)23(45,46)25(49,50)27(53,54)29(57,58)31(61,62)63)1-3-67-5-7-69(15-67)9-11-71-13-14-72-12-10-70-8-6-68(16-70)4-2-18(35,36)20(39,40)22(43,44)24(47,48)26(51,52)28(55,56)30(59,60)32(64,65)66/h5-8,15-16H,1-4,9-14H2/q+2. The van der Waals surface area contributed by atoms with Gasteiger partial charge in [-0.1, -0.05) is 0 Å². The van der Waals surface area contributed by atoms with Gasteiger partial charge in [0, 0.05) is 0 Å². The lowest BCUT2D eigenvalue weighted by molar-refractivity contribution is -0.700. The van der Waals surface area contributed by atoms with Gasteiger partial charge in [0.25, 0.3) is 0 Å². The van der Waals surface area contributed by atoms with Crippen LogP contribution in [0.3, 0.4) is 0 Å². The van der Waals surface area contributed by atoms with Gasteiger partial charge in [-0.25, -0.2) is 18.3 Å². The molecule has 0 amide bonds. The van der Waals surface area contributed by atoms with Crippen LogP contribution in [0.4, 0.5) is 149 Å². The molecule has 0 aliphatic rings. The normalized spacial score (nSPS) is 15.8. The average Bonchev–Trinajstić information content (AvgIpc) is 3.88. The van der Waals surface area contributed by atoms with Crippen LogP contribution in [-0.4, -0.2) is 131 Å². The Kier molecular flexibility index (Phi) is 17.4. The zero-order chi connectivity index (χ0) is 57.0. The molecule has 72 heavy (non-hydrogen) atoms. The van der Waals surface area contributed by atoms with Crippen LogP contribution in [0.2, 0.25) is 0 Å². The van der Waals surface area contributed by atoms with E-state index in [0.29, 0.717) is 34.2 Å². The van der Waals surface area contributed by atoms with Gasteiger partial charge in [-0.05, 0) is 0 Å². The first-order valence-electron chi connectivity index (χ1n) is 18.3. The largest absolute Gasteiger partial charge is 0.460 e. The SMILES string of the molecule is FC(F)(F)C(F)(F)C(F)(F)C(F)(F)C(F)(F)C(F)(F)C(F)(F)C(F)(F)CC[n+]1ccn(CCOCCOCCn2cc[n+](CCC(F)(F)C(F)(F)C(F)(F)C(F)(F)C(F)(F)C(F)(F)C(F)(F)C(F)(F)F)c2)c1. The van der Waals surface area contributed by atoms with Crippen LogP contribution in [0.1, 0.15) is 12.8 Å². The molecule has 0 bridgehead atoms. The minimum atomic E-state index is -8.78. The maximum atomic E-state index is 14.2. The summed E-state index contributed by atoms with van der Waals surface area (Å²) in [5, 5.41) is 0. The Bertz CT molecular complexity index is 1960. The number of aryl methyl sites for hydroxylation is 2. The quantitative estimate of drug-likeness (QED) is 0.0508. The monoisotopic (exact) mass is 1140 g/mol. The van der Waals surface area contributed by atoms with E-state index in [9.17, 15) is 149 Å². The third kappa shape index (κ3) is 10.5. The van der Waals surface area contributed by atoms with Crippen LogP contribution in [0.15, 0.2) is 37.4 Å². The van der Waals surface area contributed by atoms with Gasteiger partial charge in [0.1, 0.15) is 37.9 Å². The third-order valence-electron chi connectivity index (χ3n) is 9.79. The summed E-state index contributed by atoms with van der Waals surface area (Å²) in [5.74, 6) is -115. The fourth-order valence-electron chi connectivity index (χ4n) is 5.31. The smallest absolute Gasteiger partial charge is 0.375 e. The molecular weight excluding hydrogens is 1120 g/mol. The summed E-state index contributed by atoms with van der Waals surface area (Å²) in [4.78, 5) is 0. The number of alkyl halides is 34. The van der Waals surface area contributed by atoms with Crippen LogP contribution in [0, 0.1) is 0 Å². The maximum absolute atomic E-state index is 14.2. The first kappa shape index (κ1) is 64.1. The fraction of sp³-hybridized carbons (Fsp3) is 0.812. The molecular formula is C32H26F34N4O2+2. The molecule has 0 radical (unpaired) electrons. The van der Waals surface area contributed by atoms with Gasteiger partial charge in [-0.3, -0.25) is 0 Å². The Labute approximate surface area is 376 Å². The van der Waals surface area contributed by atoms with Crippen molar-refractivity contribution in [3.05, 3.63) is 37.4 Å². The van der Waals surface area contributed by atoms with E-state index in [-0.39, 0.29) is 39.5 Å². The Morgan fingerprint density at radius 1 is 0.292 bits per heavy atom. The second-order valence-electron chi connectivity index (χ2n) is 14.8. The molecule has 0 fully saturated rings. The number of hydrogen-bond donors (Lipinski definition) is 0. The number of aromatic nitrogens is 4. The Morgan fingerprint density at radius 3 is 0.750 bits per heavy atom. The Hall–Kier alpha value is -4.04. The van der Waals surface area contributed by atoms with Crippen molar-refractivity contribution in [2.45, 2.75) is 134 Å². The van der Waals surface area contributed by atoms with Crippen molar-refractivity contribution < 1.29 is 168 Å². The van der Waals surface area contributed by atoms with E-state index in [1.54, 1.807) is 0 Å². The van der Waals surface area contributed by atoms with E-state index >= 15 is 0 Å². The summed E-state index contributed by atoms with van der Waals surface area (Å²) in [5.41, 5.74) is 0. The number of halogens is 34. The van der Waals surface area contributed by atoms with Crippen molar-refractivity contribution >= 4 is 0 Å². The van der Waals surface area contributed by atoms with Gasteiger partial charge >= 0.3 is 95.3 Å². The summed E-state index contributed by atoms with van der Waals surface area (Å²) in [6.45, 7) is -5.38. The van der Waals surface area contributed by atoms with Gasteiger partial charge in [0.15, 0.2) is 0 Å². The molecule has 0 saturated carbocycles. The summed E-state index contributed by atoms with van der Waals surface area (Å²) >= 11 is 0. The Balaban J connectivity index is 1.92. The number of nitrogens with zero attached hydrogens (tertiary/aromatic N) is 4. The number of imidazole rings is 2. The van der Waals surface area contributed by atoms with Crippen molar-refractivity contribution in [2.75, 3.05) is 26.4 Å². The molecule has 0 aromatic carbocycles. The maximum Gasteiger partial charge on any atom is 0.460 e. The number of hydrogen-bond acceptors (Lipinski definition) is 2. The predicted molar refractivity (Wildman–Crippen MR) is 161 cm³/mol. The average molecular weight is 1140 g/mol. The molecule has 0 aliphatic carbocycles. The molecule has 2 heterocycles. The van der Waals surface area contributed by atoms with Gasteiger partial charge in [-0.15, -0.1) is 0 Å². The lowest BCUT2D eigenvalue weighted by Gasteiger charge is -2.42. The second kappa shape index (κ2) is 19.6. The summed E-state index contributed by atoms with van der Waals surface area (Å²) in [7, 11) is 0. The molecule has 0 saturated heterocycles. The highest BCUT2D eigenvalue weighted by atomic mass is 19.4. The zero-order valence-corrected chi connectivity index (χ0v) is 34.0. The van der Waals surface area contributed by atoms with Crippen molar-refractivity contribution in [1.82, 2.24) is 9.13 Å². The van der Waals surface area contributed by atoms with Crippen LogP contribution in [0.25, 0.3) is 0 Å². The molecule has 40 heteroatoms. The predicted octanol–water partition coefficient (Wildman–Crippen LogP) is 11.4. The van der Waals surface area contributed by atoms with E-state index in [1.807, 2.05) is 0 Å². The molecule has 0 spiro atoms. The molecule has 2 aromatic heterocycles. The van der Waals surface area contributed by atoms with Crippen molar-refractivity contribution in [3.8, 4) is 0 Å². The molecule has 422 valence electrons. The van der Waals surface area contributed by atoms with Crippen LogP contribution < -0.4 is 9.13 Å². The van der Waals surface area contributed by atoms with Crippen molar-refractivity contribution in [2.24, 2.45) is 0 Å². The summed E-state index contributed by atoms with van der Waals surface area (Å²) in [6, 6.07) is 0. The topological polar surface area (TPSA) is 36.1 Å². The van der Waals surface area contributed by atoms with E-state index < -0.39 is 121 Å². The van der Waals surface area contributed by atoms with Crippen LogP contribution >= 0.6 is 0 Å². The van der Waals surface area contributed by atoms with Gasteiger partial charge in [-0.2, -0.15) is 149 Å². The lowest BCUT2D eigenvalue weighted by atomic mass is 9.88. The summed E-state index contributed by atoms with van der Waals surface area (Å²) < 4.78 is 471. The van der Waals surface area contributed by atoms with Crippen LogP contribution in [-0.2, 0) is 35.7 Å². The number of rotatable bonds is 27. The molecule has 0 atom stereocenters. The van der Waals surface area contributed by atoms with Crippen molar-refractivity contribution in [3.63, 3.8) is 0 Å². The second-order valence-corrected chi connectivity index (χ2v) is 14.8. The molecule has 2 aromatic rings. The van der Waals surface area contributed by atoms with Crippen molar-refractivity contribution in [1.29, 1.82) is 0 Å². The van der Waals surface area contributed by atoms with E-state index in [1.165, 1.54) is 0 Å². The van der Waals surface area contributed by atoms with Gasteiger partial charge in [0.05, 0.1) is 52.4 Å². The molecule has 2 rings (SSSR count). The minimum Gasteiger partial charge on any atom is -0.375 e. The van der Waals surface area contributed by atoms with E-state index in [2.05, 4.69) is 0 Å². The lowest BCUT2D eigenvalue weighted by Crippen LogP contribution is -2.74. The fourth-order valence-corrected chi connectivity index (χ4v) is 5.31. The summed E-state index contributed by atoms with van der Waals surface area (Å²) in [6.07, 6.45) is -16.8. The molecule has 0 N–H and O–H groups in total. The minimum absolute atomic E-state index is 0.326. The molecule has 0 unspecified atom stereocenters. The first-order chi connectivity index (χ1) is 31.6. The first-order valence-corrected chi connectivity index (χ1v) is 18.3. The highest BCUT2D eigenvalue weighted by molar-refractivity contribution is 5.16. The van der Waals surface area contributed by atoms with Gasteiger partial charge in [0.2, 0.25) is 12.7 Å². The molecule has 0 aliphatic heterocycles. The highest BCUT2D eigenvalue weighted by Gasteiger charge is 2.97. The van der Waals surface area contributed by atoms with E-state index in [0.717, 1.165) is 21.5 Å². The Morgan fingerprint density at radius 2 is 0.514 bits per heavy atom. The highest BCUT2D eigenvalue weighted by Crippen LogP contribution is 2.66. The van der Waals surface area contributed by atoms with Gasteiger partial charge < -0.3 is 9.47 Å². The van der Waals surface area contributed by atoms with Crippen LogP contribution in [0.5, 0.6) is 0 Å². The molecule has 6 nitrogen and oxygen atoms in total.